The Labute approximate surface area is 172 Å². The van der Waals surface area contributed by atoms with Gasteiger partial charge in [-0.15, -0.1) is 0 Å². The molecule has 0 spiro atoms. The van der Waals surface area contributed by atoms with Crippen molar-refractivity contribution < 1.29 is 14.3 Å². The van der Waals surface area contributed by atoms with Crippen molar-refractivity contribution in [3.8, 4) is 5.75 Å². The van der Waals surface area contributed by atoms with E-state index in [1.807, 2.05) is 0 Å². The zero-order chi connectivity index (χ0) is 19.4. The molecule has 2 aliphatic carbocycles. The number of rotatable bonds is 4. The van der Waals surface area contributed by atoms with Gasteiger partial charge in [-0.05, 0) is 54.7 Å². The normalized spacial score (nSPS) is 27.6. The molecule has 2 amide bonds. The highest BCUT2D eigenvalue weighted by Gasteiger charge is 2.59. The number of ether oxygens (including phenoxy) is 1. The van der Waals surface area contributed by atoms with Gasteiger partial charge in [0.2, 0.25) is 11.8 Å². The summed E-state index contributed by atoms with van der Waals surface area (Å²) < 4.78 is 5.78. The van der Waals surface area contributed by atoms with Crippen LogP contribution in [0.4, 0.5) is 5.69 Å². The predicted octanol–water partition coefficient (Wildman–Crippen LogP) is 4.88. The lowest BCUT2D eigenvalue weighted by Crippen LogP contribution is -2.32. The number of hydrogen-bond acceptors (Lipinski definition) is 3. The van der Waals surface area contributed by atoms with E-state index in [1.54, 1.807) is 42.5 Å². The summed E-state index contributed by atoms with van der Waals surface area (Å²) in [5.74, 6) is 0.480. The third kappa shape index (κ3) is 2.66. The molecule has 6 heteroatoms. The van der Waals surface area contributed by atoms with Crippen molar-refractivity contribution in [2.24, 2.45) is 23.7 Å². The minimum atomic E-state index is -0.194. The number of halogens is 2. The van der Waals surface area contributed by atoms with Crippen molar-refractivity contribution in [2.45, 2.75) is 13.0 Å². The molecule has 1 aliphatic heterocycles. The van der Waals surface area contributed by atoms with Crippen molar-refractivity contribution >= 4 is 40.7 Å². The lowest BCUT2D eigenvalue weighted by molar-refractivity contribution is -0.123. The number of anilines is 1. The second kappa shape index (κ2) is 6.64. The molecule has 2 aromatic carbocycles. The number of benzene rings is 2. The third-order valence-electron chi connectivity index (χ3n) is 6.01. The molecule has 0 unspecified atom stereocenters. The largest absolute Gasteiger partial charge is 0.489 e. The molecule has 2 aromatic rings. The number of amides is 2. The number of hydrogen-bond donors (Lipinski definition) is 0. The molecule has 3 aliphatic rings. The van der Waals surface area contributed by atoms with Crippen LogP contribution >= 0.6 is 23.2 Å². The quantitative estimate of drug-likeness (QED) is 0.529. The van der Waals surface area contributed by atoms with Crippen LogP contribution in [0.3, 0.4) is 0 Å². The third-order valence-corrected chi connectivity index (χ3v) is 6.72. The van der Waals surface area contributed by atoms with E-state index in [4.69, 9.17) is 27.9 Å². The Morgan fingerprint density at radius 2 is 1.46 bits per heavy atom. The molecule has 1 heterocycles. The van der Waals surface area contributed by atoms with Crippen LogP contribution < -0.4 is 9.64 Å². The van der Waals surface area contributed by atoms with Crippen LogP contribution in [0.25, 0.3) is 0 Å². The first-order valence-electron chi connectivity index (χ1n) is 9.26. The highest BCUT2D eigenvalue weighted by atomic mass is 35.5. The van der Waals surface area contributed by atoms with E-state index in [1.165, 1.54) is 4.90 Å². The molecule has 4 atom stereocenters. The zero-order valence-corrected chi connectivity index (χ0v) is 16.4. The summed E-state index contributed by atoms with van der Waals surface area (Å²) in [5.41, 5.74) is 1.31. The van der Waals surface area contributed by atoms with Gasteiger partial charge < -0.3 is 4.74 Å². The minimum Gasteiger partial charge on any atom is -0.489 e. The maximum Gasteiger partial charge on any atom is 0.238 e. The standard InChI is InChI=1S/C22H17Cl2NO3/c23-17-2-1-3-18(24)16(17)11-28-15-8-6-14(7-9-15)25-21(26)19-12-4-5-13(10-12)20(19)22(25)27/h1-9,12-13,19-20H,10-11H2/t12-,13+,19-,20-/m0/s1. The molecule has 1 saturated carbocycles. The number of allylic oxidation sites excluding steroid dienone is 2. The van der Waals surface area contributed by atoms with E-state index in [0.29, 0.717) is 21.5 Å². The maximum atomic E-state index is 12.9. The Balaban J connectivity index is 1.32. The molecular formula is C22H17Cl2NO3. The van der Waals surface area contributed by atoms with E-state index in [9.17, 15) is 9.59 Å². The molecule has 0 N–H and O–H groups in total. The van der Waals surface area contributed by atoms with E-state index in [2.05, 4.69) is 12.2 Å². The summed E-state index contributed by atoms with van der Waals surface area (Å²) >= 11 is 12.3. The molecule has 2 fully saturated rings. The van der Waals surface area contributed by atoms with Crippen LogP contribution in [0.15, 0.2) is 54.6 Å². The van der Waals surface area contributed by atoms with E-state index in [-0.39, 0.29) is 42.1 Å². The summed E-state index contributed by atoms with van der Waals surface area (Å²) in [6.07, 6.45) is 5.12. The van der Waals surface area contributed by atoms with Gasteiger partial charge in [0.15, 0.2) is 0 Å². The Morgan fingerprint density at radius 3 is 2.04 bits per heavy atom. The molecule has 2 bridgehead atoms. The second-order valence-electron chi connectivity index (χ2n) is 7.49. The number of carbonyl (C=O) groups excluding carboxylic acids is 2. The van der Waals surface area contributed by atoms with E-state index in [0.717, 1.165) is 12.0 Å². The molecule has 0 radical (unpaired) electrons. The van der Waals surface area contributed by atoms with Gasteiger partial charge >= 0.3 is 0 Å². The first-order valence-corrected chi connectivity index (χ1v) is 10.0. The summed E-state index contributed by atoms with van der Waals surface area (Å²) in [6, 6.07) is 12.3. The Bertz CT molecular complexity index is 951. The SMILES string of the molecule is O=C1[C@@H]2[C@@H](C(=O)N1c1ccc(OCc3c(Cl)cccc3Cl)cc1)[C@H]1C=C[C@@H]2C1. The smallest absolute Gasteiger partial charge is 0.238 e. The number of imide groups is 1. The highest BCUT2D eigenvalue weighted by molar-refractivity contribution is 6.36. The summed E-state index contributed by atoms with van der Waals surface area (Å²) in [5, 5.41) is 1.10. The molecule has 0 aromatic heterocycles. The molecular weight excluding hydrogens is 397 g/mol. The van der Waals surface area contributed by atoms with Crippen LogP contribution in [0, 0.1) is 23.7 Å². The fraction of sp³-hybridized carbons (Fsp3) is 0.273. The van der Waals surface area contributed by atoms with Gasteiger partial charge in [-0.2, -0.15) is 0 Å². The summed E-state index contributed by atoms with van der Waals surface area (Å²) in [6.45, 7) is 0.235. The monoisotopic (exact) mass is 413 g/mol. The lowest BCUT2D eigenvalue weighted by atomic mass is 9.85. The van der Waals surface area contributed by atoms with Gasteiger partial charge in [-0.25, -0.2) is 0 Å². The van der Waals surface area contributed by atoms with Crippen LogP contribution in [0.5, 0.6) is 5.75 Å². The molecule has 1 saturated heterocycles. The van der Waals surface area contributed by atoms with Gasteiger partial charge in [0.1, 0.15) is 12.4 Å². The van der Waals surface area contributed by atoms with Crippen molar-refractivity contribution in [3.05, 3.63) is 70.2 Å². The summed E-state index contributed by atoms with van der Waals surface area (Å²) in [4.78, 5) is 27.1. The number of nitrogens with zero attached hydrogens (tertiary/aromatic N) is 1. The van der Waals surface area contributed by atoms with Crippen molar-refractivity contribution in [3.63, 3.8) is 0 Å². The predicted molar refractivity (Wildman–Crippen MR) is 107 cm³/mol. The molecule has 4 nitrogen and oxygen atoms in total. The van der Waals surface area contributed by atoms with Crippen molar-refractivity contribution in [1.82, 2.24) is 0 Å². The highest BCUT2D eigenvalue weighted by Crippen LogP contribution is 2.53. The van der Waals surface area contributed by atoms with Gasteiger partial charge in [0.25, 0.3) is 0 Å². The van der Waals surface area contributed by atoms with Crippen molar-refractivity contribution in [2.75, 3.05) is 4.90 Å². The first-order chi connectivity index (χ1) is 13.5. The molecule has 28 heavy (non-hydrogen) atoms. The van der Waals surface area contributed by atoms with Gasteiger partial charge in [0.05, 0.1) is 17.5 Å². The second-order valence-corrected chi connectivity index (χ2v) is 8.31. The summed E-state index contributed by atoms with van der Waals surface area (Å²) in [7, 11) is 0. The number of carbonyl (C=O) groups is 2. The van der Waals surface area contributed by atoms with Crippen LogP contribution in [0.2, 0.25) is 10.0 Å². The molecule has 142 valence electrons. The average molecular weight is 414 g/mol. The maximum absolute atomic E-state index is 12.9. The van der Waals surface area contributed by atoms with Gasteiger partial charge in [-0.3, -0.25) is 14.5 Å². The number of fused-ring (bicyclic) bond motifs is 5. The minimum absolute atomic E-state index is 0.0802. The van der Waals surface area contributed by atoms with Crippen LogP contribution in [-0.2, 0) is 16.2 Å². The van der Waals surface area contributed by atoms with Gasteiger partial charge in [0, 0.05) is 15.6 Å². The fourth-order valence-corrected chi connectivity index (χ4v) is 5.18. The van der Waals surface area contributed by atoms with E-state index < -0.39 is 0 Å². The zero-order valence-electron chi connectivity index (χ0n) is 14.8. The molecule has 5 rings (SSSR count). The van der Waals surface area contributed by atoms with Crippen LogP contribution in [0.1, 0.15) is 12.0 Å². The Morgan fingerprint density at radius 1 is 0.893 bits per heavy atom. The van der Waals surface area contributed by atoms with E-state index >= 15 is 0 Å². The first kappa shape index (κ1) is 17.8. The Hall–Kier alpha value is -2.30. The van der Waals surface area contributed by atoms with Crippen molar-refractivity contribution in [1.29, 1.82) is 0 Å². The Kier molecular flexibility index (Phi) is 4.22. The fourth-order valence-electron chi connectivity index (χ4n) is 4.67. The average Bonchev–Trinajstić information content (AvgIpc) is 3.36. The lowest BCUT2D eigenvalue weighted by Gasteiger charge is -2.18. The van der Waals surface area contributed by atoms with Crippen LogP contribution in [-0.4, -0.2) is 11.8 Å². The van der Waals surface area contributed by atoms with Gasteiger partial charge in [-0.1, -0.05) is 41.4 Å². The topological polar surface area (TPSA) is 46.6 Å².